The number of ether oxygens (including phenoxy) is 1. The van der Waals surface area contributed by atoms with Crippen LogP contribution in [0.2, 0.25) is 0 Å². The molecule has 4 aliphatic carbocycles. The Balaban J connectivity index is 0.000000169. The van der Waals surface area contributed by atoms with Gasteiger partial charge in [-0.05, 0) is 118 Å². The molecule has 1 amide bonds. The van der Waals surface area contributed by atoms with Gasteiger partial charge in [-0.25, -0.2) is 0 Å². The van der Waals surface area contributed by atoms with Crippen molar-refractivity contribution in [2.45, 2.75) is 84.3 Å². The molecule has 1 heterocycles. The Labute approximate surface area is 325 Å². The van der Waals surface area contributed by atoms with Crippen molar-refractivity contribution in [1.29, 1.82) is 0 Å². The van der Waals surface area contributed by atoms with E-state index in [1.54, 1.807) is 11.1 Å². The van der Waals surface area contributed by atoms with Crippen molar-refractivity contribution in [2.75, 3.05) is 13.7 Å². The fourth-order valence-corrected chi connectivity index (χ4v) is 10.6. The second-order valence-electron chi connectivity index (χ2n) is 16.5. The Bertz CT molecular complexity index is 2070. The Kier molecular flexibility index (Phi) is 11.5. The third-order valence-corrected chi connectivity index (χ3v) is 13.5. The Morgan fingerprint density at radius 3 is 2.42 bits per heavy atom. The number of carboxylic acids is 1. The molecule has 286 valence electrons. The molecule has 4 aliphatic rings. The van der Waals surface area contributed by atoms with Gasteiger partial charge in [0.15, 0.2) is 0 Å². The molecule has 0 aliphatic heterocycles. The molecule has 0 radical (unpaired) electrons. The highest BCUT2D eigenvalue weighted by Gasteiger charge is 2.56. The molecule has 4 aromatic rings. The van der Waals surface area contributed by atoms with Crippen LogP contribution < -0.4 is 0 Å². The fraction of sp³-hybridized carbons (Fsp3) is 0.417. The molecule has 0 bridgehead atoms. The van der Waals surface area contributed by atoms with Gasteiger partial charge in [-0.2, -0.15) is 0 Å². The van der Waals surface area contributed by atoms with E-state index < -0.39 is 5.97 Å². The van der Waals surface area contributed by atoms with Gasteiger partial charge in [0.2, 0.25) is 5.91 Å². The second-order valence-corrected chi connectivity index (χ2v) is 16.5. The highest BCUT2D eigenvalue weighted by Crippen LogP contribution is 2.66. The number of aromatic nitrogens is 1. The minimum atomic E-state index is -1.08. The van der Waals surface area contributed by atoms with Crippen LogP contribution in [0.25, 0.3) is 27.5 Å². The van der Waals surface area contributed by atoms with Gasteiger partial charge in [0, 0.05) is 38.9 Å². The minimum absolute atomic E-state index is 0.0187. The Hall–Kier alpha value is -4.88. The molecule has 1 N–H and O–H groups in total. The number of rotatable bonds is 10. The van der Waals surface area contributed by atoms with Gasteiger partial charge in [-0.3, -0.25) is 14.6 Å². The number of benzene rings is 3. The maximum atomic E-state index is 12.2. The van der Waals surface area contributed by atoms with Gasteiger partial charge >= 0.3 is 5.97 Å². The number of aldehydes is 1. The van der Waals surface area contributed by atoms with E-state index in [2.05, 4.69) is 73.6 Å². The van der Waals surface area contributed by atoms with E-state index in [1.807, 2.05) is 55.8 Å². The van der Waals surface area contributed by atoms with Crippen LogP contribution in [0.5, 0.6) is 0 Å². The molecule has 0 spiro atoms. The minimum Gasteiger partial charge on any atom is -0.480 e. The summed E-state index contributed by atoms with van der Waals surface area (Å²) in [5.74, 6) is 1.07. The number of carboxylic acid groups (broad SMARTS) is 1. The second kappa shape index (κ2) is 16.5. The lowest BCUT2D eigenvalue weighted by Crippen LogP contribution is -2.49. The summed E-state index contributed by atoms with van der Waals surface area (Å²) in [7, 11) is 1.88. The number of aliphatic carboxylic acids is 1. The lowest BCUT2D eigenvalue weighted by atomic mass is 9.47. The lowest BCUT2D eigenvalue weighted by molar-refractivity contribution is -0.145. The first-order valence-electron chi connectivity index (χ1n) is 20.0. The molecule has 8 rings (SSSR count). The third-order valence-electron chi connectivity index (χ3n) is 13.5. The number of hydrogen-bond donors (Lipinski definition) is 1. The summed E-state index contributed by atoms with van der Waals surface area (Å²) in [6.45, 7) is 4.93. The van der Waals surface area contributed by atoms with Gasteiger partial charge < -0.3 is 19.5 Å². The molecule has 6 atom stereocenters. The quantitative estimate of drug-likeness (QED) is 0.129. The van der Waals surface area contributed by atoms with Gasteiger partial charge in [0.1, 0.15) is 12.8 Å². The van der Waals surface area contributed by atoms with Crippen molar-refractivity contribution < 1.29 is 24.2 Å². The predicted octanol–water partition coefficient (Wildman–Crippen LogP) is 9.95. The van der Waals surface area contributed by atoms with E-state index >= 15 is 0 Å². The summed E-state index contributed by atoms with van der Waals surface area (Å²) < 4.78 is 5.71. The highest BCUT2D eigenvalue weighted by molar-refractivity contribution is 5.96. The van der Waals surface area contributed by atoms with Crippen LogP contribution in [-0.2, 0) is 25.7 Å². The first-order chi connectivity index (χ1) is 26.6. The molecule has 2 saturated carbocycles. The standard InChI is InChI=1S/C25H33NO.C23H21NO4/c1-24-12-10-19(27-3)15-18(24)6-7-20-22-9-8-21(17-5-4-14-26-16-17)25(22,2)13-11-23(20)24;25-14-4-9-22(26)24(16-23(27)28)15-17-10-12-19(13-11-17)21-8-3-6-18-5-1-2-7-20(18)21/h4-6,8,14,16,19-20,22-23H,7,9-13,15H2,1-3H3;1-3,5-8,10-14H,4,9,15-16H2,(H,27,28)/t19?,20?,22?,23-,24?,25?;/m0./s1. The molecule has 2 fully saturated rings. The van der Waals surface area contributed by atoms with Crippen molar-refractivity contribution in [2.24, 2.45) is 28.6 Å². The number of hydrogen-bond acceptors (Lipinski definition) is 5. The number of nitrogens with zero attached hydrogens (tertiary/aromatic N) is 2. The molecule has 1 aromatic heterocycles. The zero-order valence-electron chi connectivity index (χ0n) is 32.5. The van der Waals surface area contributed by atoms with Crippen LogP contribution >= 0.6 is 0 Å². The fourth-order valence-electron chi connectivity index (χ4n) is 10.6. The van der Waals surface area contributed by atoms with Crippen LogP contribution in [0.15, 0.2) is 109 Å². The SMILES string of the molecule is COC1CCC2(C)C(=CCC3C4CC=C(c5cccnc5)C4(C)CC[C@@H]32)C1.O=CCCC(=O)N(CC(=O)O)Cc1ccc(-c2cccc3ccccc23)cc1. The van der Waals surface area contributed by atoms with Gasteiger partial charge in [0.05, 0.1) is 6.10 Å². The predicted molar refractivity (Wildman–Crippen MR) is 218 cm³/mol. The molecule has 55 heavy (non-hydrogen) atoms. The molecule has 3 aromatic carbocycles. The van der Waals surface area contributed by atoms with Crippen LogP contribution in [0.1, 0.15) is 82.8 Å². The Morgan fingerprint density at radius 2 is 1.67 bits per heavy atom. The normalized spacial score (nSPS) is 26.6. The molecular weight excluding hydrogens is 685 g/mol. The van der Waals surface area contributed by atoms with E-state index in [0.29, 0.717) is 23.2 Å². The third kappa shape index (κ3) is 7.82. The van der Waals surface area contributed by atoms with Gasteiger partial charge in [-0.15, -0.1) is 0 Å². The van der Waals surface area contributed by atoms with Crippen molar-refractivity contribution in [3.63, 3.8) is 0 Å². The number of fused-ring (bicyclic) bond motifs is 6. The summed E-state index contributed by atoms with van der Waals surface area (Å²) in [4.78, 5) is 39.4. The van der Waals surface area contributed by atoms with Crippen molar-refractivity contribution in [3.05, 3.63) is 120 Å². The average molecular weight is 739 g/mol. The molecule has 0 saturated heterocycles. The van der Waals surface area contributed by atoms with E-state index in [4.69, 9.17) is 9.84 Å². The number of methoxy groups -OCH3 is 1. The molecule has 7 heteroatoms. The maximum absolute atomic E-state index is 12.2. The van der Waals surface area contributed by atoms with E-state index in [1.165, 1.54) is 49.0 Å². The zero-order chi connectivity index (χ0) is 38.6. The number of amides is 1. The number of allylic oxidation sites excluding steroid dienone is 3. The van der Waals surface area contributed by atoms with Crippen molar-refractivity contribution in [3.8, 4) is 11.1 Å². The van der Waals surface area contributed by atoms with Crippen LogP contribution in [0.4, 0.5) is 0 Å². The first kappa shape index (κ1) is 38.4. The largest absolute Gasteiger partial charge is 0.480 e. The lowest BCUT2D eigenvalue weighted by Gasteiger charge is -2.58. The molecular formula is C48H54N2O5. The number of carbonyl (C=O) groups is 3. The molecule has 7 nitrogen and oxygen atoms in total. The highest BCUT2D eigenvalue weighted by atomic mass is 16.5. The van der Waals surface area contributed by atoms with Crippen LogP contribution in [0, 0.1) is 28.6 Å². The van der Waals surface area contributed by atoms with Crippen molar-refractivity contribution >= 4 is 34.5 Å². The van der Waals surface area contributed by atoms with E-state index in [9.17, 15) is 14.4 Å². The monoisotopic (exact) mass is 738 g/mol. The summed E-state index contributed by atoms with van der Waals surface area (Å²) in [6, 6.07) is 26.4. The van der Waals surface area contributed by atoms with Gasteiger partial charge in [0.25, 0.3) is 0 Å². The average Bonchev–Trinajstić information content (AvgIpc) is 3.57. The zero-order valence-corrected chi connectivity index (χ0v) is 32.5. The van der Waals surface area contributed by atoms with E-state index in [-0.39, 0.29) is 31.8 Å². The maximum Gasteiger partial charge on any atom is 0.323 e. The summed E-state index contributed by atoms with van der Waals surface area (Å²) in [5.41, 5.74) is 8.38. The summed E-state index contributed by atoms with van der Waals surface area (Å²) in [5, 5.41) is 11.4. The van der Waals surface area contributed by atoms with Crippen LogP contribution in [-0.4, -0.2) is 52.9 Å². The Morgan fingerprint density at radius 1 is 0.891 bits per heavy atom. The van der Waals surface area contributed by atoms with Crippen molar-refractivity contribution in [1.82, 2.24) is 9.88 Å². The summed E-state index contributed by atoms with van der Waals surface area (Å²) >= 11 is 0. The molecule has 5 unspecified atom stereocenters. The van der Waals surface area contributed by atoms with Gasteiger partial charge in [-0.1, -0.05) is 104 Å². The first-order valence-corrected chi connectivity index (χ1v) is 20.0. The summed E-state index contributed by atoms with van der Waals surface area (Å²) in [6.07, 6.45) is 19.3. The smallest absolute Gasteiger partial charge is 0.323 e. The topological polar surface area (TPSA) is 96.8 Å². The van der Waals surface area contributed by atoms with E-state index in [0.717, 1.165) is 51.6 Å². The number of carbonyl (C=O) groups excluding carboxylic acids is 2. The number of pyridine rings is 1. The van der Waals surface area contributed by atoms with Crippen LogP contribution in [0.3, 0.4) is 0 Å².